The molecule has 0 atom stereocenters. The van der Waals surface area contributed by atoms with Gasteiger partial charge in [0.15, 0.2) is 11.5 Å². The summed E-state index contributed by atoms with van der Waals surface area (Å²) in [5, 5.41) is 10.1. The van der Waals surface area contributed by atoms with Gasteiger partial charge in [0.2, 0.25) is 0 Å². The van der Waals surface area contributed by atoms with E-state index in [-0.39, 0.29) is 0 Å². The molecule has 0 aliphatic heterocycles. The molecule has 1 heterocycles. The fourth-order valence-corrected chi connectivity index (χ4v) is 2.71. The van der Waals surface area contributed by atoms with Gasteiger partial charge in [-0.25, -0.2) is 0 Å². The Morgan fingerprint density at radius 1 is 1.08 bits per heavy atom. The van der Waals surface area contributed by atoms with E-state index in [1.165, 1.54) is 0 Å². The van der Waals surface area contributed by atoms with Crippen molar-refractivity contribution in [2.75, 3.05) is 14.2 Å². The molecule has 0 unspecified atom stereocenters. The van der Waals surface area contributed by atoms with Crippen LogP contribution in [0.2, 0.25) is 0 Å². The highest BCUT2D eigenvalue weighted by atomic mass is 16.5. The Morgan fingerprint density at radius 3 is 2.32 bits per heavy atom. The van der Waals surface area contributed by atoms with E-state index in [9.17, 15) is 5.11 Å². The van der Waals surface area contributed by atoms with Crippen LogP contribution in [0.1, 0.15) is 44.8 Å². The molecule has 0 amide bonds. The summed E-state index contributed by atoms with van der Waals surface area (Å²) in [7, 11) is 3.30. The Bertz CT molecular complexity index is 685. The molecule has 0 saturated carbocycles. The lowest BCUT2D eigenvalue weighted by molar-refractivity contribution is 0.0511. The zero-order valence-electron chi connectivity index (χ0n) is 16.0. The summed E-state index contributed by atoms with van der Waals surface area (Å²) in [6.45, 7) is 9.08. The lowest BCUT2D eigenvalue weighted by Gasteiger charge is -2.26. The number of aliphatic hydroxyl groups is 1. The Labute approximate surface area is 150 Å². The largest absolute Gasteiger partial charge is 0.493 e. The minimum Gasteiger partial charge on any atom is -0.493 e. The number of hydrogen-bond donors (Lipinski definition) is 1. The summed E-state index contributed by atoms with van der Waals surface area (Å²) < 4.78 is 16.7. The van der Waals surface area contributed by atoms with E-state index < -0.39 is 5.60 Å². The normalized spacial score (nSPS) is 12.0. The van der Waals surface area contributed by atoms with E-state index >= 15 is 0 Å². The van der Waals surface area contributed by atoms with Crippen LogP contribution in [0, 0.1) is 0 Å². The number of hydrogen-bond acceptors (Lipinski definition) is 5. The molecule has 0 aliphatic rings. The minimum atomic E-state index is -0.975. The molecule has 5 nitrogen and oxygen atoms in total. The van der Waals surface area contributed by atoms with E-state index in [2.05, 4.69) is 18.7 Å². The first-order valence-corrected chi connectivity index (χ1v) is 8.51. The molecular formula is C20H29NO4. The second-order valence-electron chi connectivity index (χ2n) is 6.98. The summed E-state index contributed by atoms with van der Waals surface area (Å²) in [4.78, 5) is 2.28. The van der Waals surface area contributed by atoms with Gasteiger partial charge in [0.05, 0.1) is 20.8 Å². The van der Waals surface area contributed by atoms with Gasteiger partial charge in [0.25, 0.3) is 0 Å². The molecule has 1 N–H and O–H groups in total. The van der Waals surface area contributed by atoms with E-state index in [0.717, 1.165) is 22.8 Å². The van der Waals surface area contributed by atoms with Gasteiger partial charge in [0, 0.05) is 18.2 Å². The highest BCUT2D eigenvalue weighted by molar-refractivity contribution is 5.46. The van der Waals surface area contributed by atoms with Crippen LogP contribution in [-0.4, -0.2) is 30.3 Å². The molecule has 0 saturated heterocycles. The zero-order chi connectivity index (χ0) is 18.6. The first-order chi connectivity index (χ1) is 11.8. The third kappa shape index (κ3) is 4.77. The van der Waals surface area contributed by atoms with Crippen LogP contribution < -0.4 is 9.47 Å². The third-order valence-electron chi connectivity index (χ3n) is 4.21. The zero-order valence-corrected chi connectivity index (χ0v) is 16.0. The van der Waals surface area contributed by atoms with Crippen LogP contribution in [-0.2, 0) is 18.7 Å². The SMILES string of the molecule is COc1cccc(CN(Cc2ccc(C(C)(C)O)o2)C(C)C)c1OC. The van der Waals surface area contributed by atoms with E-state index in [0.29, 0.717) is 24.9 Å². The lowest BCUT2D eigenvalue weighted by Crippen LogP contribution is -2.30. The van der Waals surface area contributed by atoms with Crippen LogP contribution in [0.15, 0.2) is 34.7 Å². The molecule has 2 aromatic rings. The van der Waals surface area contributed by atoms with Crippen molar-refractivity contribution >= 4 is 0 Å². The number of para-hydroxylation sites is 1. The van der Waals surface area contributed by atoms with Crippen molar-refractivity contribution in [1.29, 1.82) is 0 Å². The van der Waals surface area contributed by atoms with Crippen molar-refractivity contribution in [3.05, 3.63) is 47.4 Å². The van der Waals surface area contributed by atoms with E-state index in [1.807, 2.05) is 30.3 Å². The molecule has 25 heavy (non-hydrogen) atoms. The Morgan fingerprint density at radius 2 is 1.80 bits per heavy atom. The number of benzene rings is 1. The lowest BCUT2D eigenvalue weighted by atomic mass is 10.1. The molecule has 2 rings (SSSR count). The highest BCUT2D eigenvalue weighted by Gasteiger charge is 2.22. The summed E-state index contributed by atoms with van der Waals surface area (Å²) in [6, 6.07) is 9.97. The second kappa shape index (κ2) is 7.93. The molecular weight excluding hydrogens is 318 g/mol. The van der Waals surface area contributed by atoms with Crippen LogP contribution >= 0.6 is 0 Å². The standard InChI is InChI=1S/C20H29NO4/c1-14(2)21(13-16-10-11-18(25-16)20(3,4)22)12-15-8-7-9-17(23-5)19(15)24-6/h7-11,14,22H,12-13H2,1-6H3. The molecule has 0 spiro atoms. The summed E-state index contributed by atoms with van der Waals surface area (Å²) >= 11 is 0. The van der Waals surface area contributed by atoms with Gasteiger partial charge < -0.3 is 19.0 Å². The molecule has 0 radical (unpaired) electrons. The van der Waals surface area contributed by atoms with Crippen molar-refractivity contribution in [3.8, 4) is 11.5 Å². The molecule has 0 bridgehead atoms. The molecule has 0 fully saturated rings. The number of ether oxygens (including phenoxy) is 2. The quantitative estimate of drug-likeness (QED) is 0.784. The van der Waals surface area contributed by atoms with Crippen molar-refractivity contribution in [3.63, 3.8) is 0 Å². The van der Waals surface area contributed by atoms with E-state index in [4.69, 9.17) is 13.9 Å². The number of nitrogens with zero attached hydrogens (tertiary/aromatic N) is 1. The van der Waals surface area contributed by atoms with Crippen LogP contribution in [0.4, 0.5) is 0 Å². The smallest absolute Gasteiger partial charge is 0.165 e. The second-order valence-corrected chi connectivity index (χ2v) is 6.98. The van der Waals surface area contributed by atoms with Crippen molar-refractivity contribution < 1.29 is 19.0 Å². The van der Waals surface area contributed by atoms with E-state index in [1.54, 1.807) is 28.1 Å². The first-order valence-electron chi connectivity index (χ1n) is 8.51. The maximum absolute atomic E-state index is 10.1. The van der Waals surface area contributed by atoms with Gasteiger partial charge in [0.1, 0.15) is 17.1 Å². The maximum atomic E-state index is 10.1. The average molecular weight is 347 g/mol. The number of methoxy groups -OCH3 is 2. The predicted octanol–water partition coefficient (Wildman–Crippen LogP) is 3.93. The average Bonchev–Trinajstić information content (AvgIpc) is 3.02. The summed E-state index contributed by atoms with van der Waals surface area (Å²) in [5.74, 6) is 2.89. The maximum Gasteiger partial charge on any atom is 0.165 e. The van der Waals surface area contributed by atoms with Crippen LogP contribution in [0.3, 0.4) is 0 Å². The Kier molecular flexibility index (Phi) is 6.14. The summed E-state index contributed by atoms with van der Waals surface area (Å²) in [6.07, 6.45) is 0. The first kappa shape index (κ1) is 19.3. The molecule has 1 aromatic carbocycles. The van der Waals surface area contributed by atoms with Gasteiger partial charge in [-0.2, -0.15) is 0 Å². The van der Waals surface area contributed by atoms with Gasteiger partial charge in [-0.05, 0) is 45.9 Å². The minimum absolute atomic E-state index is 0.312. The van der Waals surface area contributed by atoms with Gasteiger partial charge in [-0.3, -0.25) is 4.90 Å². The Balaban J connectivity index is 2.21. The van der Waals surface area contributed by atoms with Gasteiger partial charge >= 0.3 is 0 Å². The Hall–Kier alpha value is -1.98. The topological polar surface area (TPSA) is 55.1 Å². The van der Waals surface area contributed by atoms with Crippen molar-refractivity contribution in [2.45, 2.75) is 52.4 Å². The fourth-order valence-electron chi connectivity index (χ4n) is 2.71. The van der Waals surface area contributed by atoms with Crippen molar-refractivity contribution in [2.24, 2.45) is 0 Å². The van der Waals surface area contributed by atoms with Crippen LogP contribution in [0.25, 0.3) is 0 Å². The number of furan rings is 1. The number of rotatable bonds is 8. The van der Waals surface area contributed by atoms with Gasteiger partial charge in [-0.15, -0.1) is 0 Å². The van der Waals surface area contributed by atoms with Crippen molar-refractivity contribution in [1.82, 2.24) is 4.90 Å². The highest BCUT2D eigenvalue weighted by Crippen LogP contribution is 2.32. The van der Waals surface area contributed by atoms with Crippen LogP contribution in [0.5, 0.6) is 11.5 Å². The molecule has 5 heteroatoms. The monoisotopic (exact) mass is 347 g/mol. The summed E-state index contributed by atoms with van der Waals surface area (Å²) in [5.41, 5.74) is 0.0847. The van der Waals surface area contributed by atoms with Gasteiger partial charge in [-0.1, -0.05) is 12.1 Å². The fraction of sp³-hybridized carbons (Fsp3) is 0.500. The molecule has 0 aliphatic carbocycles. The third-order valence-corrected chi connectivity index (χ3v) is 4.21. The predicted molar refractivity (Wildman–Crippen MR) is 97.9 cm³/mol. The molecule has 138 valence electrons. The molecule has 1 aromatic heterocycles.